The van der Waals surface area contributed by atoms with Gasteiger partial charge in [-0.25, -0.2) is 0 Å². The molecule has 2 N–H and O–H groups in total. The SMILES string of the molecule is COc1ccc(CC(C)N)cc1Cn1nc(C)c(Cl)c1C. The third kappa shape index (κ3) is 3.57. The van der Waals surface area contributed by atoms with E-state index in [9.17, 15) is 0 Å². The van der Waals surface area contributed by atoms with Crippen LogP contribution in [0.3, 0.4) is 0 Å². The maximum absolute atomic E-state index is 6.21. The summed E-state index contributed by atoms with van der Waals surface area (Å²) in [4.78, 5) is 0. The number of nitrogens with zero attached hydrogens (tertiary/aromatic N) is 2. The second-order valence-corrected chi connectivity index (χ2v) is 5.85. The number of ether oxygens (including phenoxy) is 1. The lowest BCUT2D eigenvalue weighted by Gasteiger charge is -2.13. The number of benzene rings is 1. The number of rotatable bonds is 5. The van der Waals surface area contributed by atoms with Gasteiger partial charge in [0.2, 0.25) is 0 Å². The summed E-state index contributed by atoms with van der Waals surface area (Å²) in [6, 6.07) is 6.31. The Morgan fingerprint density at radius 2 is 2.10 bits per heavy atom. The largest absolute Gasteiger partial charge is 0.496 e. The lowest BCUT2D eigenvalue weighted by Crippen LogP contribution is -2.18. The molecule has 2 rings (SSSR count). The van der Waals surface area contributed by atoms with Gasteiger partial charge in [-0.2, -0.15) is 5.10 Å². The zero-order valence-electron chi connectivity index (χ0n) is 13.0. The molecular weight excluding hydrogens is 286 g/mol. The number of aryl methyl sites for hydroxylation is 1. The molecule has 1 aromatic heterocycles. The molecule has 0 aliphatic rings. The van der Waals surface area contributed by atoms with Crippen molar-refractivity contribution in [2.45, 2.75) is 39.8 Å². The Hall–Kier alpha value is -1.52. The fourth-order valence-corrected chi connectivity index (χ4v) is 2.58. The molecule has 0 spiro atoms. The van der Waals surface area contributed by atoms with Crippen LogP contribution in [0.2, 0.25) is 5.02 Å². The summed E-state index contributed by atoms with van der Waals surface area (Å²) in [5.74, 6) is 0.854. The van der Waals surface area contributed by atoms with Crippen LogP contribution in [-0.2, 0) is 13.0 Å². The van der Waals surface area contributed by atoms with Gasteiger partial charge in [0.15, 0.2) is 0 Å². The number of methoxy groups -OCH3 is 1. The van der Waals surface area contributed by atoms with Gasteiger partial charge in [-0.15, -0.1) is 0 Å². The van der Waals surface area contributed by atoms with E-state index in [1.165, 1.54) is 5.56 Å². The van der Waals surface area contributed by atoms with Crippen LogP contribution in [0, 0.1) is 13.8 Å². The van der Waals surface area contributed by atoms with Gasteiger partial charge in [0.25, 0.3) is 0 Å². The van der Waals surface area contributed by atoms with Gasteiger partial charge in [-0.05, 0) is 38.8 Å². The molecule has 0 aliphatic carbocycles. The highest BCUT2D eigenvalue weighted by atomic mass is 35.5. The molecule has 0 bridgehead atoms. The standard InChI is InChI=1S/C16H22ClN3O/c1-10(18)7-13-5-6-15(21-4)14(8-13)9-20-12(3)16(17)11(2)19-20/h5-6,8,10H,7,9,18H2,1-4H3. The number of aromatic nitrogens is 2. The Bertz CT molecular complexity index is 635. The second kappa shape index (κ2) is 6.50. The summed E-state index contributed by atoms with van der Waals surface area (Å²) in [7, 11) is 1.68. The Labute approximate surface area is 130 Å². The summed E-state index contributed by atoms with van der Waals surface area (Å²) in [6.45, 7) is 6.52. The van der Waals surface area contributed by atoms with Crippen molar-refractivity contribution in [3.05, 3.63) is 45.7 Å². The summed E-state index contributed by atoms with van der Waals surface area (Å²) < 4.78 is 7.36. The zero-order valence-corrected chi connectivity index (χ0v) is 13.7. The van der Waals surface area contributed by atoms with Crippen LogP contribution < -0.4 is 10.5 Å². The Balaban J connectivity index is 2.34. The average molecular weight is 308 g/mol. The molecule has 2 aromatic rings. The van der Waals surface area contributed by atoms with Gasteiger partial charge in [0.1, 0.15) is 5.75 Å². The first-order chi connectivity index (χ1) is 9.92. The molecule has 0 aliphatic heterocycles. The second-order valence-electron chi connectivity index (χ2n) is 5.47. The predicted octanol–water partition coefficient (Wildman–Crippen LogP) is 3.10. The lowest BCUT2D eigenvalue weighted by molar-refractivity contribution is 0.407. The lowest BCUT2D eigenvalue weighted by atomic mass is 10.0. The number of nitrogens with two attached hydrogens (primary N) is 1. The highest BCUT2D eigenvalue weighted by Crippen LogP contribution is 2.25. The normalized spacial score (nSPS) is 12.5. The van der Waals surface area contributed by atoms with Crippen molar-refractivity contribution >= 4 is 11.6 Å². The van der Waals surface area contributed by atoms with Crippen molar-refractivity contribution in [1.29, 1.82) is 0 Å². The van der Waals surface area contributed by atoms with Crippen molar-refractivity contribution in [2.24, 2.45) is 5.73 Å². The first kappa shape index (κ1) is 15.9. The van der Waals surface area contributed by atoms with E-state index >= 15 is 0 Å². The molecule has 1 aromatic carbocycles. The van der Waals surface area contributed by atoms with Gasteiger partial charge in [0, 0.05) is 11.6 Å². The molecular formula is C16H22ClN3O. The summed E-state index contributed by atoms with van der Waals surface area (Å²) in [5, 5.41) is 5.20. The monoisotopic (exact) mass is 307 g/mol. The first-order valence-electron chi connectivity index (χ1n) is 7.03. The van der Waals surface area contributed by atoms with Crippen molar-refractivity contribution in [3.8, 4) is 5.75 Å². The van der Waals surface area contributed by atoms with E-state index < -0.39 is 0 Å². The van der Waals surface area contributed by atoms with E-state index in [1.807, 2.05) is 31.5 Å². The summed E-state index contributed by atoms with van der Waals surface area (Å²) >= 11 is 6.21. The van der Waals surface area contributed by atoms with Crippen molar-refractivity contribution in [3.63, 3.8) is 0 Å². The van der Waals surface area contributed by atoms with Crippen molar-refractivity contribution < 1.29 is 4.74 Å². The third-order valence-electron chi connectivity index (χ3n) is 3.52. The van der Waals surface area contributed by atoms with Crippen LogP contribution in [0.1, 0.15) is 29.4 Å². The minimum atomic E-state index is 0.134. The van der Waals surface area contributed by atoms with Gasteiger partial charge < -0.3 is 10.5 Å². The molecule has 0 amide bonds. The summed E-state index contributed by atoms with van der Waals surface area (Å²) in [6.07, 6.45) is 0.842. The number of halogens is 1. The predicted molar refractivity (Wildman–Crippen MR) is 86.2 cm³/mol. The smallest absolute Gasteiger partial charge is 0.123 e. The van der Waals surface area contributed by atoms with E-state index in [2.05, 4.69) is 17.2 Å². The van der Waals surface area contributed by atoms with Gasteiger partial charge >= 0.3 is 0 Å². The minimum Gasteiger partial charge on any atom is -0.496 e. The topological polar surface area (TPSA) is 53.1 Å². The fraction of sp³-hybridized carbons (Fsp3) is 0.438. The quantitative estimate of drug-likeness (QED) is 0.923. The molecule has 0 saturated carbocycles. The highest BCUT2D eigenvalue weighted by molar-refractivity contribution is 6.31. The van der Waals surface area contributed by atoms with Crippen LogP contribution in [0.25, 0.3) is 0 Å². The van der Waals surface area contributed by atoms with Gasteiger partial charge in [-0.1, -0.05) is 23.7 Å². The molecule has 0 saturated heterocycles. The average Bonchev–Trinajstić information content (AvgIpc) is 2.66. The van der Waals surface area contributed by atoms with Gasteiger partial charge in [-0.3, -0.25) is 4.68 Å². The van der Waals surface area contributed by atoms with Crippen LogP contribution in [0.15, 0.2) is 18.2 Å². The van der Waals surface area contributed by atoms with E-state index in [1.54, 1.807) is 7.11 Å². The maximum Gasteiger partial charge on any atom is 0.123 e. The molecule has 1 atom stereocenters. The van der Waals surface area contributed by atoms with Crippen molar-refractivity contribution in [1.82, 2.24) is 9.78 Å². The van der Waals surface area contributed by atoms with Crippen LogP contribution >= 0.6 is 11.6 Å². The van der Waals surface area contributed by atoms with E-state index in [4.69, 9.17) is 22.1 Å². The van der Waals surface area contributed by atoms with E-state index in [-0.39, 0.29) is 6.04 Å². The van der Waals surface area contributed by atoms with Gasteiger partial charge in [0.05, 0.1) is 30.1 Å². The van der Waals surface area contributed by atoms with Crippen LogP contribution in [-0.4, -0.2) is 22.9 Å². The first-order valence-corrected chi connectivity index (χ1v) is 7.41. The third-order valence-corrected chi connectivity index (χ3v) is 4.06. The molecule has 0 radical (unpaired) electrons. The number of hydrogen-bond acceptors (Lipinski definition) is 3. The zero-order chi connectivity index (χ0) is 15.6. The molecule has 0 fully saturated rings. The molecule has 21 heavy (non-hydrogen) atoms. The fourth-order valence-electron chi connectivity index (χ4n) is 2.44. The van der Waals surface area contributed by atoms with Crippen LogP contribution in [0.5, 0.6) is 5.75 Å². The Morgan fingerprint density at radius 3 is 2.62 bits per heavy atom. The highest BCUT2D eigenvalue weighted by Gasteiger charge is 2.12. The molecule has 4 nitrogen and oxygen atoms in total. The molecule has 5 heteroatoms. The Morgan fingerprint density at radius 1 is 1.38 bits per heavy atom. The summed E-state index contributed by atoms with van der Waals surface area (Å²) in [5.41, 5.74) is 9.98. The number of hydrogen-bond donors (Lipinski definition) is 1. The van der Waals surface area contributed by atoms with Crippen LogP contribution in [0.4, 0.5) is 0 Å². The Kier molecular flexibility index (Phi) is 4.91. The van der Waals surface area contributed by atoms with E-state index in [0.717, 1.165) is 34.1 Å². The van der Waals surface area contributed by atoms with Crippen molar-refractivity contribution in [2.75, 3.05) is 7.11 Å². The molecule has 1 unspecified atom stereocenters. The molecule has 1 heterocycles. The minimum absolute atomic E-state index is 0.134. The molecule has 114 valence electrons. The maximum atomic E-state index is 6.21. The van der Waals surface area contributed by atoms with E-state index in [0.29, 0.717) is 6.54 Å².